The van der Waals surface area contributed by atoms with Gasteiger partial charge in [-0.15, -0.1) is 0 Å². The standard InChI is InChI=1S/C11H11F2NO2/c1-5-4-8(5)14-7-3-2-6(11(15)16)9(12)10(7)13/h2-3,5,8,14H,4H2,1H3,(H,15,16). The summed E-state index contributed by atoms with van der Waals surface area (Å²) in [5.41, 5.74) is -0.622. The Bertz CT molecular complexity index is 448. The normalized spacial score (nSPS) is 22.9. The Morgan fingerprint density at radius 2 is 2.06 bits per heavy atom. The van der Waals surface area contributed by atoms with Crippen LogP contribution in [-0.2, 0) is 0 Å². The average molecular weight is 227 g/mol. The van der Waals surface area contributed by atoms with Gasteiger partial charge in [0.2, 0.25) is 0 Å². The van der Waals surface area contributed by atoms with Gasteiger partial charge >= 0.3 is 5.97 Å². The van der Waals surface area contributed by atoms with Gasteiger partial charge in [0.05, 0.1) is 11.3 Å². The third-order valence-corrected chi connectivity index (χ3v) is 2.76. The molecule has 2 N–H and O–H groups in total. The summed E-state index contributed by atoms with van der Waals surface area (Å²) in [5, 5.41) is 11.4. The van der Waals surface area contributed by atoms with Crippen LogP contribution in [0.3, 0.4) is 0 Å². The van der Waals surface area contributed by atoms with Gasteiger partial charge in [0.15, 0.2) is 11.6 Å². The lowest BCUT2D eigenvalue weighted by molar-refractivity contribution is 0.0690. The molecule has 5 heteroatoms. The second-order valence-electron chi connectivity index (χ2n) is 4.06. The second-order valence-corrected chi connectivity index (χ2v) is 4.06. The van der Waals surface area contributed by atoms with Crippen LogP contribution in [-0.4, -0.2) is 17.1 Å². The molecule has 3 nitrogen and oxygen atoms in total. The Morgan fingerprint density at radius 3 is 2.56 bits per heavy atom. The maximum absolute atomic E-state index is 13.4. The van der Waals surface area contributed by atoms with Crippen LogP contribution < -0.4 is 5.32 Å². The molecular formula is C11H11F2NO2. The third kappa shape index (κ3) is 1.85. The molecule has 86 valence electrons. The summed E-state index contributed by atoms with van der Waals surface area (Å²) in [7, 11) is 0. The Hall–Kier alpha value is -1.65. The number of benzene rings is 1. The van der Waals surface area contributed by atoms with Crippen LogP contribution in [0.1, 0.15) is 23.7 Å². The van der Waals surface area contributed by atoms with Gasteiger partial charge in [-0.2, -0.15) is 0 Å². The first-order chi connectivity index (χ1) is 7.50. The average Bonchev–Trinajstić information content (AvgIpc) is 2.89. The number of carboxylic acids is 1. The van der Waals surface area contributed by atoms with Gasteiger partial charge in [-0.3, -0.25) is 0 Å². The molecule has 0 radical (unpaired) electrons. The second kappa shape index (κ2) is 3.73. The topological polar surface area (TPSA) is 49.3 Å². The molecule has 1 saturated carbocycles. The molecule has 1 aromatic rings. The fraction of sp³-hybridized carbons (Fsp3) is 0.364. The van der Waals surface area contributed by atoms with Crippen molar-refractivity contribution >= 4 is 11.7 Å². The van der Waals surface area contributed by atoms with E-state index in [9.17, 15) is 13.6 Å². The predicted octanol–water partition coefficient (Wildman–Crippen LogP) is 2.48. The molecule has 1 aliphatic rings. The van der Waals surface area contributed by atoms with Crippen molar-refractivity contribution in [2.75, 3.05) is 5.32 Å². The zero-order chi connectivity index (χ0) is 11.9. The molecule has 0 amide bonds. The van der Waals surface area contributed by atoms with Crippen molar-refractivity contribution in [2.45, 2.75) is 19.4 Å². The molecule has 1 aliphatic carbocycles. The fourth-order valence-corrected chi connectivity index (χ4v) is 1.55. The number of halogens is 2. The number of hydrogen-bond donors (Lipinski definition) is 2. The Kier molecular flexibility index (Phi) is 2.53. The SMILES string of the molecule is CC1CC1Nc1ccc(C(=O)O)c(F)c1F. The maximum atomic E-state index is 13.4. The molecule has 0 aromatic heterocycles. The molecule has 0 bridgehead atoms. The molecule has 2 rings (SSSR count). The summed E-state index contributed by atoms with van der Waals surface area (Å²) in [6.45, 7) is 2.00. The van der Waals surface area contributed by atoms with Crippen LogP contribution >= 0.6 is 0 Å². The van der Waals surface area contributed by atoms with E-state index in [2.05, 4.69) is 5.32 Å². The van der Waals surface area contributed by atoms with E-state index in [1.54, 1.807) is 0 Å². The van der Waals surface area contributed by atoms with Crippen molar-refractivity contribution in [1.82, 2.24) is 0 Å². The van der Waals surface area contributed by atoms with E-state index in [0.29, 0.717) is 5.92 Å². The van der Waals surface area contributed by atoms with E-state index >= 15 is 0 Å². The van der Waals surface area contributed by atoms with E-state index in [1.165, 1.54) is 6.07 Å². The Balaban J connectivity index is 2.27. The number of hydrogen-bond acceptors (Lipinski definition) is 2. The minimum absolute atomic E-state index is 0.0249. The summed E-state index contributed by atoms with van der Waals surface area (Å²) >= 11 is 0. The Labute approximate surface area is 91.1 Å². The highest BCUT2D eigenvalue weighted by Crippen LogP contribution is 2.34. The summed E-state index contributed by atoms with van der Waals surface area (Å²) in [6.07, 6.45) is 0.918. The summed E-state index contributed by atoms with van der Waals surface area (Å²) in [5.74, 6) is -3.46. The zero-order valence-electron chi connectivity index (χ0n) is 8.63. The maximum Gasteiger partial charge on any atom is 0.338 e. The molecule has 1 fully saturated rings. The van der Waals surface area contributed by atoms with Gasteiger partial charge in [0.1, 0.15) is 0 Å². The molecular weight excluding hydrogens is 216 g/mol. The zero-order valence-corrected chi connectivity index (χ0v) is 8.63. The summed E-state index contributed by atoms with van der Waals surface area (Å²) < 4.78 is 26.7. The van der Waals surface area contributed by atoms with E-state index in [1.807, 2.05) is 6.92 Å². The van der Waals surface area contributed by atoms with Crippen molar-refractivity contribution < 1.29 is 18.7 Å². The van der Waals surface area contributed by atoms with Crippen molar-refractivity contribution in [3.63, 3.8) is 0 Å². The quantitative estimate of drug-likeness (QED) is 0.834. The van der Waals surface area contributed by atoms with Crippen molar-refractivity contribution in [3.05, 3.63) is 29.3 Å². The van der Waals surface area contributed by atoms with Crippen LogP contribution in [0.4, 0.5) is 14.5 Å². The molecule has 0 spiro atoms. The van der Waals surface area contributed by atoms with Crippen molar-refractivity contribution in [1.29, 1.82) is 0 Å². The van der Waals surface area contributed by atoms with E-state index in [-0.39, 0.29) is 11.7 Å². The van der Waals surface area contributed by atoms with Crippen LogP contribution in [0.15, 0.2) is 12.1 Å². The van der Waals surface area contributed by atoms with Crippen LogP contribution in [0.2, 0.25) is 0 Å². The van der Waals surface area contributed by atoms with Gasteiger partial charge < -0.3 is 10.4 Å². The van der Waals surface area contributed by atoms with Gasteiger partial charge in [0.25, 0.3) is 0 Å². The highest BCUT2D eigenvalue weighted by molar-refractivity contribution is 5.88. The molecule has 16 heavy (non-hydrogen) atoms. The van der Waals surface area contributed by atoms with Gasteiger partial charge in [-0.25, -0.2) is 13.6 Å². The number of nitrogens with one attached hydrogen (secondary N) is 1. The molecule has 0 heterocycles. The highest BCUT2D eigenvalue weighted by Gasteiger charge is 2.33. The minimum Gasteiger partial charge on any atom is -0.478 e. The number of carbonyl (C=O) groups is 1. The van der Waals surface area contributed by atoms with Crippen LogP contribution in [0, 0.1) is 17.6 Å². The number of aromatic carboxylic acids is 1. The summed E-state index contributed by atoms with van der Waals surface area (Å²) in [4.78, 5) is 10.5. The fourth-order valence-electron chi connectivity index (χ4n) is 1.55. The monoisotopic (exact) mass is 227 g/mol. The molecule has 2 atom stereocenters. The van der Waals surface area contributed by atoms with Gasteiger partial charge in [-0.1, -0.05) is 6.92 Å². The van der Waals surface area contributed by atoms with E-state index in [0.717, 1.165) is 12.5 Å². The predicted molar refractivity (Wildman–Crippen MR) is 54.5 cm³/mol. The van der Waals surface area contributed by atoms with E-state index < -0.39 is 23.2 Å². The van der Waals surface area contributed by atoms with Crippen molar-refractivity contribution in [3.8, 4) is 0 Å². The van der Waals surface area contributed by atoms with Crippen LogP contribution in [0.5, 0.6) is 0 Å². The first-order valence-electron chi connectivity index (χ1n) is 4.98. The van der Waals surface area contributed by atoms with Crippen molar-refractivity contribution in [2.24, 2.45) is 5.92 Å². The number of rotatable bonds is 3. The molecule has 0 saturated heterocycles. The lowest BCUT2D eigenvalue weighted by Crippen LogP contribution is -2.09. The highest BCUT2D eigenvalue weighted by atomic mass is 19.2. The van der Waals surface area contributed by atoms with Gasteiger partial charge in [-0.05, 0) is 24.5 Å². The third-order valence-electron chi connectivity index (χ3n) is 2.76. The molecule has 2 unspecified atom stereocenters. The molecule has 1 aromatic carbocycles. The van der Waals surface area contributed by atoms with E-state index in [4.69, 9.17) is 5.11 Å². The largest absolute Gasteiger partial charge is 0.478 e. The minimum atomic E-state index is -1.47. The number of anilines is 1. The number of carboxylic acid groups (broad SMARTS) is 1. The van der Waals surface area contributed by atoms with Gasteiger partial charge in [0, 0.05) is 6.04 Å². The first-order valence-corrected chi connectivity index (χ1v) is 4.98. The summed E-state index contributed by atoms with van der Waals surface area (Å²) in [6, 6.07) is 2.48. The smallest absolute Gasteiger partial charge is 0.338 e. The van der Waals surface area contributed by atoms with Crippen LogP contribution in [0.25, 0.3) is 0 Å². The first kappa shape index (κ1) is 10.9. The molecule has 0 aliphatic heterocycles. The lowest BCUT2D eigenvalue weighted by atomic mass is 10.2. The lowest BCUT2D eigenvalue weighted by Gasteiger charge is -2.08. The Morgan fingerprint density at radius 1 is 1.44 bits per heavy atom.